The van der Waals surface area contributed by atoms with Crippen LogP contribution < -0.4 is 20.5 Å². The Bertz CT molecular complexity index is 1930. The minimum atomic E-state index is -4.14. The first-order chi connectivity index (χ1) is 22.2. The van der Waals surface area contributed by atoms with Gasteiger partial charge in [-0.25, -0.2) is 35.8 Å². The average Bonchev–Trinajstić information content (AvgIpc) is 3.69. The maximum atomic E-state index is 13.8. The van der Waals surface area contributed by atoms with Crippen molar-refractivity contribution in [1.82, 2.24) is 15.1 Å². The van der Waals surface area contributed by atoms with E-state index in [1.165, 1.54) is 19.2 Å². The molecule has 1 aromatic heterocycles. The summed E-state index contributed by atoms with van der Waals surface area (Å²) >= 11 is 6.48. The number of anilines is 1. The number of hydrogen-bond donors (Lipinski definition) is 4. The van der Waals surface area contributed by atoms with Crippen molar-refractivity contribution in [2.75, 3.05) is 11.8 Å². The van der Waals surface area contributed by atoms with Gasteiger partial charge >= 0.3 is 6.09 Å². The maximum absolute atomic E-state index is 13.8. The lowest BCUT2D eigenvalue weighted by Gasteiger charge is -2.18. The van der Waals surface area contributed by atoms with Gasteiger partial charge in [0.15, 0.2) is 5.82 Å². The molecule has 0 radical (unpaired) electrons. The number of fused-ring (bicyclic) bond motifs is 1. The number of halogens is 5. The second kappa shape index (κ2) is 13.3. The number of rotatable bonds is 13. The van der Waals surface area contributed by atoms with Crippen LogP contribution in [0.25, 0.3) is 10.9 Å². The highest BCUT2D eigenvalue weighted by Gasteiger charge is 2.55. The Labute approximate surface area is 271 Å². The van der Waals surface area contributed by atoms with Crippen molar-refractivity contribution in [3.05, 3.63) is 82.4 Å². The summed E-state index contributed by atoms with van der Waals surface area (Å²) in [5.74, 6) is -1.88. The smallest absolute Gasteiger partial charge is 0.405 e. The quantitative estimate of drug-likeness (QED) is 0.0801. The van der Waals surface area contributed by atoms with Crippen molar-refractivity contribution in [2.45, 2.75) is 49.4 Å². The molecular weight excluding hydrogens is 668 g/mol. The van der Waals surface area contributed by atoms with E-state index in [-0.39, 0.29) is 51.7 Å². The lowest BCUT2D eigenvalue weighted by atomic mass is 10.0. The largest absolute Gasteiger partial charge is 0.497 e. The predicted molar refractivity (Wildman–Crippen MR) is 168 cm³/mol. The summed E-state index contributed by atoms with van der Waals surface area (Å²) < 4.78 is 89.8. The number of amides is 1. The van der Waals surface area contributed by atoms with Gasteiger partial charge in [0.1, 0.15) is 29.8 Å². The third kappa shape index (κ3) is 7.54. The number of methoxy groups -OCH3 is 1. The van der Waals surface area contributed by atoms with E-state index < -0.39 is 51.5 Å². The monoisotopic (exact) mass is 696 g/mol. The zero-order chi connectivity index (χ0) is 34.1. The van der Waals surface area contributed by atoms with Crippen LogP contribution >= 0.6 is 11.6 Å². The molecule has 1 saturated carbocycles. The third-order valence-corrected chi connectivity index (χ3v) is 10.2. The van der Waals surface area contributed by atoms with E-state index in [1.54, 1.807) is 24.3 Å². The van der Waals surface area contributed by atoms with Crippen LogP contribution in [0.1, 0.15) is 24.0 Å². The van der Waals surface area contributed by atoms with Gasteiger partial charge in [0.2, 0.25) is 10.0 Å². The van der Waals surface area contributed by atoms with Crippen LogP contribution in [0.4, 0.5) is 33.9 Å². The summed E-state index contributed by atoms with van der Waals surface area (Å²) in [7, 11) is -2.63. The normalized spacial score (nSPS) is 15.1. The summed E-state index contributed by atoms with van der Waals surface area (Å²) in [6.07, 6.45) is -3.90. The molecule has 4 aromatic rings. The van der Waals surface area contributed by atoms with Crippen molar-refractivity contribution in [2.24, 2.45) is 10.7 Å². The molecule has 250 valence electrons. The van der Waals surface area contributed by atoms with Gasteiger partial charge in [0.05, 0.1) is 39.5 Å². The van der Waals surface area contributed by atoms with Gasteiger partial charge < -0.3 is 20.9 Å². The summed E-state index contributed by atoms with van der Waals surface area (Å²) in [6.45, 7) is -0.975. The third-order valence-electron chi connectivity index (χ3n) is 7.69. The first kappa shape index (κ1) is 33.8. The summed E-state index contributed by atoms with van der Waals surface area (Å²) in [6, 6.07) is 10.9. The number of benzene rings is 3. The zero-order valence-electron chi connectivity index (χ0n) is 24.7. The first-order valence-corrected chi connectivity index (χ1v) is 16.0. The van der Waals surface area contributed by atoms with Crippen molar-refractivity contribution >= 4 is 56.0 Å². The van der Waals surface area contributed by atoms with Crippen LogP contribution in [-0.4, -0.2) is 59.6 Å². The average molecular weight is 697 g/mol. The van der Waals surface area contributed by atoms with Gasteiger partial charge in [-0.05, 0) is 66.8 Å². The number of amidine groups is 1. The number of carbonyl (C=O) groups is 1. The number of carboxylic acid groups (broad SMARTS) is 1. The van der Waals surface area contributed by atoms with Gasteiger partial charge in [0, 0.05) is 12.5 Å². The van der Waals surface area contributed by atoms with Gasteiger partial charge in [-0.3, -0.25) is 9.40 Å². The molecule has 1 aliphatic carbocycles. The van der Waals surface area contributed by atoms with Crippen LogP contribution in [0.5, 0.6) is 5.75 Å². The van der Waals surface area contributed by atoms with Crippen molar-refractivity contribution in [1.29, 1.82) is 0 Å². The molecule has 17 heteroatoms. The van der Waals surface area contributed by atoms with Gasteiger partial charge in [-0.1, -0.05) is 23.7 Å². The number of nitrogens with two attached hydrogens (primary N) is 1. The van der Waals surface area contributed by atoms with E-state index in [0.29, 0.717) is 24.7 Å². The fourth-order valence-corrected chi connectivity index (χ4v) is 7.13. The van der Waals surface area contributed by atoms with Crippen molar-refractivity contribution in [3.8, 4) is 5.75 Å². The van der Waals surface area contributed by atoms with E-state index in [1.807, 2.05) is 0 Å². The molecule has 1 amide bonds. The Morgan fingerprint density at radius 2 is 1.79 bits per heavy atom. The highest BCUT2D eigenvalue weighted by atomic mass is 35.5. The van der Waals surface area contributed by atoms with E-state index in [4.69, 9.17) is 22.1 Å². The Balaban J connectivity index is 1.53. The van der Waals surface area contributed by atoms with Gasteiger partial charge in [0.25, 0.3) is 6.43 Å². The molecule has 1 aliphatic rings. The number of aromatic nitrogens is 2. The van der Waals surface area contributed by atoms with Crippen LogP contribution in [0, 0.1) is 11.6 Å². The van der Waals surface area contributed by atoms with E-state index in [0.717, 1.165) is 22.4 Å². The summed E-state index contributed by atoms with van der Waals surface area (Å²) in [4.78, 5) is 15.8. The Kier molecular flexibility index (Phi) is 9.54. The van der Waals surface area contributed by atoms with Crippen LogP contribution in [0.2, 0.25) is 5.02 Å². The number of hydrogen-bond acceptors (Lipinski definition) is 6. The summed E-state index contributed by atoms with van der Waals surface area (Å²) in [5.41, 5.74) is 6.78. The molecule has 0 saturated heterocycles. The maximum Gasteiger partial charge on any atom is 0.405 e. The topological polar surface area (TPSA) is 161 Å². The Hall–Kier alpha value is -4.57. The van der Waals surface area contributed by atoms with Gasteiger partial charge in [-0.2, -0.15) is 5.10 Å². The molecule has 1 unspecified atom stereocenters. The van der Waals surface area contributed by atoms with Crippen molar-refractivity contribution in [3.63, 3.8) is 0 Å². The highest BCUT2D eigenvalue weighted by molar-refractivity contribution is 7.94. The van der Waals surface area contributed by atoms with Crippen LogP contribution in [0.15, 0.2) is 59.6 Å². The second-order valence-corrected chi connectivity index (χ2v) is 13.5. The molecule has 3 aromatic carbocycles. The number of nitrogens with one attached hydrogen (secondary N) is 2. The van der Waals surface area contributed by atoms with E-state index in [9.17, 15) is 35.9 Å². The number of ether oxygens (including phenoxy) is 1. The SMILES string of the molecule is COc1ccc(CC2(S(=O)(=O)Nc3nn(CC(F)F)c4c(N=C(N)C(Cc5cc(F)cc(F)c5)NC(=O)O)ccc(Cl)c34)CC2)cc1. The van der Waals surface area contributed by atoms with E-state index >= 15 is 0 Å². The molecule has 5 N–H and O–H groups in total. The molecule has 0 spiro atoms. The minimum absolute atomic E-state index is 0.0359. The zero-order valence-corrected chi connectivity index (χ0v) is 26.3. The molecular formula is C30H29ClF4N6O5S. The Morgan fingerprint density at radius 3 is 2.36 bits per heavy atom. The second-order valence-electron chi connectivity index (χ2n) is 11.0. The van der Waals surface area contributed by atoms with Crippen LogP contribution in [-0.2, 0) is 29.4 Å². The lowest BCUT2D eigenvalue weighted by molar-refractivity contribution is 0.123. The fraction of sp³-hybridized carbons (Fsp3) is 0.300. The molecule has 1 atom stereocenters. The molecule has 11 nitrogen and oxygen atoms in total. The number of sulfonamides is 1. The first-order valence-electron chi connectivity index (χ1n) is 14.1. The standard InChI is InChI=1S/C30H29ClF4N6O5S/c1-46-20-4-2-16(3-5-20)14-30(8-9-30)47(44,45)40-28-25-21(31)6-7-22(26(25)41(39-28)15-24(34)35)37-27(36)23(38-29(42)43)12-17-10-18(32)13-19(33)11-17/h2-7,10-11,13,23-24,38H,8-9,12,14-15H2,1H3,(H2,36,37)(H,39,40)(H,42,43). The lowest BCUT2D eigenvalue weighted by Crippen LogP contribution is -2.45. The number of aliphatic imine (C=N–C) groups is 1. The molecule has 47 heavy (non-hydrogen) atoms. The number of nitrogens with zero attached hydrogens (tertiary/aromatic N) is 3. The summed E-state index contributed by atoms with van der Waals surface area (Å²) in [5, 5.41) is 15.6. The molecule has 5 rings (SSSR count). The van der Waals surface area contributed by atoms with E-state index in [2.05, 4.69) is 20.1 Å². The number of alkyl halides is 2. The van der Waals surface area contributed by atoms with Gasteiger partial charge in [-0.15, -0.1) is 0 Å². The fourth-order valence-electron chi connectivity index (χ4n) is 5.28. The molecule has 1 fully saturated rings. The minimum Gasteiger partial charge on any atom is -0.497 e. The molecule has 0 bridgehead atoms. The predicted octanol–water partition coefficient (Wildman–Crippen LogP) is 5.63. The van der Waals surface area contributed by atoms with Crippen LogP contribution in [0.3, 0.4) is 0 Å². The highest BCUT2D eigenvalue weighted by Crippen LogP contribution is 2.48. The Morgan fingerprint density at radius 1 is 1.13 bits per heavy atom. The molecule has 0 aliphatic heterocycles. The molecule has 1 heterocycles. The van der Waals surface area contributed by atoms with Crippen molar-refractivity contribution < 1.29 is 40.6 Å².